The summed E-state index contributed by atoms with van der Waals surface area (Å²) in [6.07, 6.45) is 0. The SMILES string of the molecule is CC(C)(C)C(CS)CSc1cccc(F)c1. The first-order valence-corrected chi connectivity index (χ1v) is 7.04. The van der Waals surface area contributed by atoms with Crippen LogP contribution in [0, 0.1) is 17.2 Å². The topological polar surface area (TPSA) is 0 Å². The van der Waals surface area contributed by atoms with Gasteiger partial charge in [0.05, 0.1) is 0 Å². The van der Waals surface area contributed by atoms with Crippen LogP contribution in [0.25, 0.3) is 0 Å². The molecule has 1 unspecified atom stereocenters. The highest BCUT2D eigenvalue weighted by Gasteiger charge is 2.23. The van der Waals surface area contributed by atoms with Crippen molar-refractivity contribution >= 4 is 24.4 Å². The van der Waals surface area contributed by atoms with E-state index in [1.54, 1.807) is 23.9 Å². The fourth-order valence-corrected chi connectivity index (χ4v) is 3.56. The van der Waals surface area contributed by atoms with Crippen molar-refractivity contribution in [2.75, 3.05) is 11.5 Å². The summed E-state index contributed by atoms with van der Waals surface area (Å²) in [5, 5.41) is 0. The summed E-state index contributed by atoms with van der Waals surface area (Å²) in [6.45, 7) is 6.67. The normalized spacial score (nSPS) is 13.8. The number of hydrogen-bond acceptors (Lipinski definition) is 2. The van der Waals surface area contributed by atoms with Crippen LogP contribution in [-0.4, -0.2) is 11.5 Å². The summed E-state index contributed by atoms with van der Waals surface area (Å²) in [7, 11) is 0. The Morgan fingerprint density at radius 2 is 2.06 bits per heavy atom. The van der Waals surface area contributed by atoms with Crippen molar-refractivity contribution in [3.05, 3.63) is 30.1 Å². The molecular formula is C13H19FS2. The first-order chi connectivity index (χ1) is 7.43. The van der Waals surface area contributed by atoms with Crippen LogP contribution >= 0.6 is 24.4 Å². The van der Waals surface area contributed by atoms with E-state index in [0.717, 1.165) is 16.4 Å². The van der Waals surface area contributed by atoms with Crippen LogP contribution in [0.15, 0.2) is 29.2 Å². The van der Waals surface area contributed by atoms with Crippen molar-refractivity contribution in [2.24, 2.45) is 11.3 Å². The maximum absolute atomic E-state index is 13.0. The molecule has 0 nitrogen and oxygen atoms in total. The molecule has 1 aromatic carbocycles. The summed E-state index contributed by atoms with van der Waals surface area (Å²) in [5.41, 5.74) is 0.252. The van der Waals surface area contributed by atoms with Gasteiger partial charge in [-0.2, -0.15) is 12.6 Å². The van der Waals surface area contributed by atoms with E-state index in [1.807, 2.05) is 6.07 Å². The minimum atomic E-state index is -0.164. The fourth-order valence-electron chi connectivity index (χ4n) is 1.33. The average Bonchev–Trinajstić information content (AvgIpc) is 2.16. The van der Waals surface area contributed by atoms with E-state index in [2.05, 4.69) is 33.4 Å². The van der Waals surface area contributed by atoms with Gasteiger partial charge in [-0.15, -0.1) is 11.8 Å². The molecule has 0 aliphatic heterocycles. The van der Waals surface area contributed by atoms with Crippen LogP contribution in [0.2, 0.25) is 0 Å². The zero-order valence-electron chi connectivity index (χ0n) is 10.0. The largest absolute Gasteiger partial charge is 0.207 e. The molecule has 0 aliphatic rings. The highest BCUT2D eigenvalue weighted by molar-refractivity contribution is 7.99. The fraction of sp³-hybridized carbons (Fsp3) is 0.538. The van der Waals surface area contributed by atoms with Crippen LogP contribution in [-0.2, 0) is 0 Å². The Hall–Kier alpha value is -0.150. The number of benzene rings is 1. The lowest BCUT2D eigenvalue weighted by Crippen LogP contribution is -2.24. The van der Waals surface area contributed by atoms with E-state index in [4.69, 9.17) is 0 Å². The molecule has 0 saturated heterocycles. The summed E-state index contributed by atoms with van der Waals surface area (Å²) in [4.78, 5) is 0.996. The quantitative estimate of drug-likeness (QED) is 0.612. The number of hydrogen-bond donors (Lipinski definition) is 1. The zero-order valence-corrected chi connectivity index (χ0v) is 11.7. The third-order valence-electron chi connectivity index (χ3n) is 2.69. The van der Waals surface area contributed by atoms with E-state index in [-0.39, 0.29) is 11.2 Å². The highest BCUT2D eigenvalue weighted by atomic mass is 32.2. The lowest BCUT2D eigenvalue weighted by Gasteiger charge is -2.29. The van der Waals surface area contributed by atoms with Gasteiger partial charge in [0.15, 0.2) is 0 Å². The van der Waals surface area contributed by atoms with Crippen molar-refractivity contribution in [3.63, 3.8) is 0 Å². The summed E-state index contributed by atoms with van der Waals surface area (Å²) < 4.78 is 13.0. The van der Waals surface area contributed by atoms with Crippen molar-refractivity contribution in [1.29, 1.82) is 0 Å². The van der Waals surface area contributed by atoms with E-state index in [1.165, 1.54) is 6.07 Å². The van der Waals surface area contributed by atoms with E-state index >= 15 is 0 Å². The Morgan fingerprint density at radius 3 is 2.56 bits per heavy atom. The first-order valence-electron chi connectivity index (χ1n) is 5.42. The van der Waals surface area contributed by atoms with Gasteiger partial charge in [-0.25, -0.2) is 4.39 Å². The van der Waals surface area contributed by atoms with Gasteiger partial charge < -0.3 is 0 Å². The van der Waals surface area contributed by atoms with Crippen molar-refractivity contribution in [1.82, 2.24) is 0 Å². The second-order valence-corrected chi connectivity index (χ2v) is 6.47. The molecule has 3 heteroatoms. The Labute approximate surface area is 107 Å². The molecule has 0 amide bonds. The third kappa shape index (κ3) is 4.38. The molecule has 1 atom stereocenters. The predicted octanol–water partition coefficient (Wildman–Crippen LogP) is 4.51. The Morgan fingerprint density at radius 1 is 1.38 bits per heavy atom. The summed E-state index contributed by atoms with van der Waals surface area (Å²) in [5.74, 6) is 2.22. The first kappa shape index (κ1) is 13.9. The van der Waals surface area contributed by atoms with Gasteiger partial charge in [0.25, 0.3) is 0 Å². The maximum Gasteiger partial charge on any atom is 0.124 e. The molecule has 0 aromatic heterocycles. The van der Waals surface area contributed by atoms with E-state index in [0.29, 0.717) is 5.92 Å². The Bertz CT molecular complexity index is 331. The maximum atomic E-state index is 13.0. The van der Waals surface area contributed by atoms with Crippen molar-refractivity contribution < 1.29 is 4.39 Å². The van der Waals surface area contributed by atoms with Crippen molar-refractivity contribution in [2.45, 2.75) is 25.7 Å². The van der Waals surface area contributed by atoms with Gasteiger partial charge in [-0.1, -0.05) is 26.8 Å². The molecule has 0 bridgehead atoms. The molecule has 0 heterocycles. The molecule has 0 N–H and O–H groups in total. The lowest BCUT2D eigenvalue weighted by molar-refractivity contribution is 0.294. The van der Waals surface area contributed by atoms with Crippen molar-refractivity contribution in [3.8, 4) is 0 Å². The van der Waals surface area contributed by atoms with E-state index < -0.39 is 0 Å². The number of halogens is 1. The monoisotopic (exact) mass is 258 g/mol. The van der Waals surface area contributed by atoms with Gasteiger partial charge in [-0.3, -0.25) is 0 Å². The smallest absolute Gasteiger partial charge is 0.124 e. The standard InChI is InChI=1S/C13H19FS2/c1-13(2,3)10(8-15)9-16-12-6-4-5-11(14)7-12/h4-7,10,15H,8-9H2,1-3H3. The zero-order chi connectivity index (χ0) is 12.2. The predicted molar refractivity (Wildman–Crippen MR) is 73.9 cm³/mol. The van der Waals surface area contributed by atoms with E-state index in [9.17, 15) is 4.39 Å². The number of rotatable bonds is 4. The number of thioether (sulfide) groups is 1. The second-order valence-electron chi connectivity index (χ2n) is 5.01. The van der Waals surface area contributed by atoms with Gasteiger partial charge >= 0.3 is 0 Å². The van der Waals surface area contributed by atoms with Gasteiger partial charge in [-0.05, 0) is 35.3 Å². The molecule has 0 fully saturated rings. The summed E-state index contributed by atoms with van der Waals surface area (Å²) >= 11 is 6.09. The third-order valence-corrected chi connectivity index (χ3v) is 4.29. The van der Waals surface area contributed by atoms with Gasteiger partial charge in [0.1, 0.15) is 5.82 Å². The molecular weight excluding hydrogens is 239 g/mol. The minimum absolute atomic E-state index is 0.164. The second kappa shape index (κ2) is 5.97. The molecule has 16 heavy (non-hydrogen) atoms. The molecule has 90 valence electrons. The molecule has 0 aliphatic carbocycles. The Kier molecular flexibility index (Phi) is 5.19. The van der Waals surface area contributed by atoms with Gasteiger partial charge in [0, 0.05) is 10.6 Å². The molecule has 0 saturated carbocycles. The Balaban J connectivity index is 2.56. The molecule has 1 rings (SSSR count). The van der Waals surface area contributed by atoms with Crippen LogP contribution in [0.4, 0.5) is 4.39 Å². The van der Waals surface area contributed by atoms with Crippen LogP contribution in [0.1, 0.15) is 20.8 Å². The highest BCUT2D eigenvalue weighted by Crippen LogP contribution is 2.32. The summed E-state index contributed by atoms with van der Waals surface area (Å²) in [6, 6.07) is 6.77. The van der Waals surface area contributed by atoms with Gasteiger partial charge in [0.2, 0.25) is 0 Å². The van der Waals surface area contributed by atoms with Crippen LogP contribution in [0.3, 0.4) is 0 Å². The molecule has 0 spiro atoms. The molecule has 0 radical (unpaired) electrons. The van der Waals surface area contributed by atoms with Crippen LogP contribution < -0.4 is 0 Å². The van der Waals surface area contributed by atoms with Crippen LogP contribution in [0.5, 0.6) is 0 Å². The average molecular weight is 258 g/mol. The molecule has 1 aromatic rings. The lowest BCUT2D eigenvalue weighted by atomic mass is 9.83. The number of thiol groups is 1. The minimum Gasteiger partial charge on any atom is -0.207 e.